The first-order chi connectivity index (χ1) is 8.59. The number of hydrogen-bond donors (Lipinski definition) is 1. The molecule has 3 nitrogen and oxygen atoms in total. The summed E-state index contributed by atoms with van der Waals surface area (Å²) in [6.07, 6.45) is 0. The number of benzene rings is 2. The van der Waals surface area contributed by atoms with E-state index in [4.69, 9.17) is 0 Å². The third-order valence-corrected chi connectivity index (χ3v) is 2.61. The largest absolute Gasteiger partial charge is 0.282 e. The lowest BCUT2D eigenvalue weighted by molar-refractivity contribution is 0.0854. The van der Waals surface area contributed by atoms with E-state index in [0.717, 1.165) is 11.6 Å². The molecule has 0 bridgehead atoms. The fraction of sp³-hybridized carbons (Fsp3) is 0.0714. The summed E-state index contributed by atoms with van der Waals surface area (Å²) >= 11 is 0. The van der Waals surface area contributed by atoms with Crippen LogP contribution in [-0.4, -0.2) is 11.1 Å². The Labute approximate surface area is 104 Å². The number of nitrogens with zero attached hydrogens (tertiary/aromatic N) is 1. The van der Waals surface area contributed by atoms with Crippen molar-refractivity contribution in [2.45, 2.75) is 6.92 Å². The van der Waals surface area contributed by atoms with E-state index in [2.05, 4.69) is 0 Å². The first-order valence-electron chi connectivity index (χ1n) is 5.44. The molecule has 0 unspecified atom stereocenters. The van der Waals surface area contributed by atoms with Crippen molar-refractivity contribution in [2.75, 3.05) is 5.06 Å². The van der Waals surface area contributed by atoms with Crippen LogP contribution in [0.5, 0.6) is 0 Å². The summed E-state index contributed by atoms with van der Waals surface area (Å²) in [7, 11) is 0. The second-order valence-electron chi connectivity index (χ2n) is 3.91. The average molecular weight is 245 g/mol. The van der Waals surface area contributed by atoms with Crippen LogP contribution in [-0.2, 0) is 0 Å². The average Bonchev–Trinajstić information content (AvgIpc) is 2.37. The molecule has 0 saturated carbocycles. The van der Waals surface area contributed by atoms with Crippen LogP contribution in [0.15, 0.2) is 48.5 Å². The molecule has 1 N–H and O–H groups in total. The van der Waals surface area contributed by atoms with Crippen molar-refractivity contribution < 1.29 is 14.4 Å². The zero-order chi connectivity index (χ0) is 13.1. The third-order valence-electron chi connectivity index (χ3n) is 2.61. The topological polar surface area (TPSA) is 40.5 Å². The summed E-state index contributed by atoms with van der Waals surface area (Å²) in [5, 5.41) is 10.4. The molecule has 2 rings (SSSR count). The number of halogens is 1. The summed E-state index contributed by atoms with van der Waals surface area (Å²) in [4.78, 5) is 12.0. The van der Waals surface area contributed by atoms with Gasteiger partial charge in [-0.05, 0) is 36.8 Å². The molecule has 2 aromatic rings. The zero-order valence-corrected chi connectivity index (χ0v) is 9.80. The number of aryl methyl sites for hydroxylation is 1. The highest BCUT2D eigenvalue weighted by Crippen LogP contribution is 2.19. The van der Waals surface area contributed by atoms with Gasteiger partial charge in [-0.3, -0.25) is 10.0 Å². The Morgan fingerprint density at radius 3 is 2.56 bits per heavy atom. The van der Waals surface area contributed by atoms with E-state index in [1.54, 1.807) is 31.2 Å². The van der Waals surface area contributed by atoms with Crippen molar-refractivity contribution in [1.82, 2.24) is 0 Å². The van der Waals surface area contributed by atoms with Crippen molar-refractivity contribution in [1.29, 1.82) is 0 Å². The fourth-order valence-corrected chi connectivity index (χ4v) is 1.65. The van der Waals surface area contributed by atoms with Gasteiger partial charge in [0.15, 0.2) is 0 Å². The van der Waals surface area contributed by atoms with E-state index < -0.39 is 11.7 Å². The Morgan fingerprint density at radius 1 is 1.17 bits per heavy atom. The zero-order valence-electron chi connectivity index (χ0n) is 9.80. The number of hydroxylamine groups is 1. The lowest BCUT2D eigenvalue weighted by Crippen LogP contribution is -2.27. The predicted octanol–water partition coefficient (Wildman–Crippen LogP) is 3.17. The molecule has 18 heavy (non-hydrogen) atoms. The van der Waals surface area contributed by atoms with Gasteiger partial charge in [0, 0.05) is 5.56 Å². The van der Waals surface area contributed by atoms with E-state index in [-0.39, 0.29) is 5.56 Å². The molecule has 4 heteroatoms. The number of carbonyl (C=O) groups excluding carboxylic acids is 1. The van der Waals surface area contributed by atoms with Crippen LogP contribution >= 0.6 is 0 Å². The monoisotopic (exact) mass is 245 g/mol. The molecule has 0 aliphatic rings. The molecule has 92 valence electrons. The smallest absolute Gasteiger partial charge is 0.281 e. The first kappa shape index (κ1) is 12.3. The number of anilines is 1. The SMILES string of the molecule is Cc1ccccc1N(O)C(=O)c1cccc(F)c1. The minimum atomic E-state index is -0.663. The molecule has 0 aliphatic carbocycles. The van der Waals surface area contributed by atoms with Gasteiger partial charge >= 0.3 is 0 Å². The molecule has 0 radical (unpaired) electrons. The van der Waals surface area contributed by atoms with E-state index in [0.29, 0.717) is 10.8 Å². The summed E-state index contributed by atoms with van der Waals surface area (Å²) in [5.74, 6) is -1.18. The van der Waals surface area contributed by atoms with Gasteiger partial charge in [-0.25, -0.2) is 4.39 Å². The van der Waals surface area contributed by atoms with Gasteiger partial charge in [-0.2, -0.15) is 5.06 Å². The summed E-state index contributed by atoms with van der Waals surface area (Å²) in [6.45, 7) is 1.78. The van der Waals surface area contributed by atoms with Crippen LogP contribution in [0.25, 0.3) is 0 Å². The predicted molar refractivity (Wildman–Crippen MR) is 66.2 cm³/mol. The van der Waals surface area contributed by atoms with Crippen molar-refractivity contribution in [3.8, 4) is 0 Å². The minimum absolute atomic E-state index is 0.0979. The summed E-state index contributed by atoms with van der Waals surface area (Å²) < 4.78 is 13.0. The van der Waals surface area contributed by atoms with Crippen molar-refractivity contribution in [3.05, 3.63) is 65.5 Å². The van der Waals surface area contributed by atoms with E-state index in [1.807, 2.05) is 0 Å². The van der Waals surface area contributed by atoms with E-state index in [9.17, 15) is 14.4 Å². The van der Waals surface area contributed by atoms with Gasteiger partial charge in [0.05, 0.1) is 5.69 Å². The summed E-state index contributed by atoms with van der Waals surface area (Å²) in [5.41, 5.74) is 1.23. The van der Waals surface area contributed by atoms with Gasteiger partial charge in [-0.15, -0.1) is 0 Å². The summed E-state index contributed by atoms with van der Waals surface area (Å²) in [6, 6.07) is 12.1. The van der Waals surface area contributed by atoms with Crippen LogP contribution in [0, 0.1) is 12.7 Å². The van der Waals surface area contributed by atoms with Crippen molar-refractivity contribution in [2.24, 2.45) is 0 Å². The lowest BCUT2D eigenvalue weighted by atomic mass is 10.1. The Morgan fingerprint density at radius 2 is 1.89 bits per heavy atom. The van der Waals surface area contributed by atoms with Gasteiger partial charge in [0.2, 0.25) is 0 Å². The Bertz CT molecular complexity index is 584. The van der Waals surface area contributed by atoms with Gasteiger partial charge in [-0.1, -0.05) is 24.3 Å². The molecule has 0 saturated heterocycles. The van der Waals surface area contributed by atoms with E-state index in [1.165, 1.54) is 18.2 Å². The molecule has 2 aromatic carbocycles. The van der Waals surface area contributed by atoms with Crippen molar-refractivity contribution in [3.63, 3.8) is 0 Å². The Kier molecular flexibility index (Phi) is 3.39. The molecular formula is C14H12FNO2. The molecule has 0 heterocycles. The second kappa shape index (κ2) is 4.98. The van der Waals surface area contributed by atoms with Crippen molar-refractivity contribution >= 4 is 11.6 Å². The number of amides is 1. The van der Waals surface area contributed by atoms with Crippen LogP contribution in [0.4, 0.5) is 10.1 Å². The maximum Gasteiger partial charge on any atom is 0.282 e. The highest BCUT2D eigenvalue weighted by atomic mass is 19.1. The molecular weight excluding hydrogens is 233 g/mol. The maximum atomic E-state index is 13.0. The van der Waals surface area contributed by atoms with Gasteiger partial charge < -0.3 is 0 Å². The number of carbonyl (C=O) groups is 1. The maximum absolute atomic E-state index is 13.0. The minimum Gasteiger partial charge on any atom is -0.281 e. The van der Waals surface area contributed by atoms with Crippen LogP contribution in [0.1, 0.15) is 15.9 Å². The highest BCUT2D eigenvalue weighted by Gasteiger charge is 2.17. The second-order valence-corrected chi connectivity index (χ2v) is 3.91. The molecule has 1 amide bonds. The van der Waals surface area contributed by atoms with Crippen LogP contribution in [0.3, 0.4) is 0 Å². The van der Waals surface area contributed by atoms with Gasteiger partial charge in [0.25, 0.3) is 5.91 Å². The Balaban J connectivity index is 2.32. The normalized spacial score (nSPS) is 10.2. The van der Waals surface area contributed by atoms with Gasteiger partial charge in [0.1, 0.15) is 5.82 Å². The molecule has 0 fully saturated rings. The molecule has 0 atom stereocenters. The fourth-order valence-electron chi connectivity index (χ4n) is 1.65. The number of para-hydroxylation sites is 1. The third kappa shape index (κ3) is 2.38. The first-order valence-corrected chi connectivity index (χ1v) is 5.44. The lowest BCUT2D eigenvalue weighted by Gasteiger charge is -2.17. The van der Waals surface area contributed by atoms with Crippen LogP contribution in [0.2, 0.25) is 0 Å². The Hall–Kier alpha value is -2.20. The number of hydrogen-bond acceptors (Lipinski definition) is 2. The standard InChI is InChI=1S/C14H12FNO2/c1-10-5-2-3-8-13(10)16(18)14(17)11-6-4-7-12(15)9-11/h2-9,18H,1H3. The molecule has 0 aromatic heterocycles. The highest BCUT2D eigenvalue weighted by molar-refractivity contribution is 6.04. The quantitative estimate of drug-likeness (QED) is 0.652. The van der Waals surface area contributed by atoms with Crippen LogP contribution < -0.4 is 5.06 Å². The number of rotatable bonds is 2. The molecule has 0 spiro atoms. The molecule has 0 aliphatic heterocycles. The van der Waals surface area contributed by atoms with E-state index >= 15 is 0 Å².